The summed E-state index contributed by atoms with van der Waals surface area (Å²) in [5, 5.41) is 12.7. The number of aliphatic carboxylic acids is 1. The molecular weight excluding hydrogens is 310 g/mol. The first-order valence-electron chi connectivity index (χ1n) is 8.27. The molecule has 0 aliphatic rings. The lowest BCUT2D eigenvalue weighted by Gasteiger charge is -2.32. The molecule has 0 amide bonds. The van der Waals surface area contributed by atoms with Crippen LogP contribution in [0.4, 0.5) is 0 Å². The highest BCUT2D eigenvalue weighted by Gasteiger charge is 2.40. The van der Waals surface area contributed by atoms with Crippen LogP contribution < -0.4 is 5.32 Å². The Morgan fingerprint density at radius 3 is 2.38 bits per heavy atom. The largest absolute Gasteiger partial charge is 0.480 e. The molecule has 1 unspecified atom stereocenters. The predicted octanol–water partition coefficient (Wildman–Crippen LogP) is 2.02. The van der Waals surface area contributed by atoms with Crippen molar-refractivity contribution in [3.8, 4) is 0 Å². The van der Waals surface area contributed by atoms with Crippen LogP contribution in [-0.2, 0) is 25.5 Å². The number of ether oxygens (including phenoxy) is 2. The van der Waals surface area contributed by atoms with E-state index in [1.807, 2.05) is 44.2 Å². The maximum Gasteiger partial charge on any atom is 0.324 e. The zero-order valence-electron chi connectivity index (χ0n) is 14.4. The summed E-state index contributed by atoms with van der Waals surface area (Å²) in [6.07, 6.45) is 0.548. The topological polar surface area (TPSA) is 84.9 Å². The fraction of sp³-hybridized carbons (Fsp3) is 0.556. The molecule has 24 heavy (non-hydrogen) atoms. The third-order valence-electron chi connectivity index (χ3n) is 3.78. The molecule has 1 aromatic carbocycles. The lowest BCUT2D eigenvalue weighted by molar-refractivity contribution is -0.167. The normalized spacial score (nSPS) is 13.6. The molecule has 134 valence electrons. The second-order valence-corrected chi connectivity index (χ2v) is 5.46. The smallest absolute Gasteiger partial charge is 0.324 e. The third-order valence-corrected chi connectivity index (χ3v) is 3.78. The molecule has 0 spiro atoms. The van der Waals surface area contributed by atoms with E-state index in [9.17, 15) is 14.7 Å². The number of rotatable bonds is 13. The first-order valence-corrected chi connectivity index (χ1v) is 8.27. The molecule has 0 saturated carbocycles. The minimum atomic E-state index is -1.40. The minimum Gasteiger partial charge on any atom is -0.480 e. The molecule has 6 nitrogen and oxygen atoms in total. The fourth-order valence-electron chi connectivity index (χ4n) is 2.53. The molecule has 0 saturated heterocycles. The van der Waals surface area contributed by atoms with Crippen molar-refractivity contribution < 1.29 is 24.2 Å². The van der Waals surface area contributed by atoms with Gasteiger partial charge in [0.25, 0.3) is 0 Å². The monoisotopic (exact) mass is 337 g/mol. The van der Waals surface area contributed by atoms with Crippen molar-refractivity contribution in [1.29, 1.82) is 0 Å². The Hall–Kier alpha value is -1.76. The van der Waals surface area contributed by atoms with Gasteiger partial charge in [-0.1, -0.05) is 30.3 Å². The molecular formula is C18H27NO5. The summed E-state index contributed by atoms with van der Waals surface area (Å²) >= 11 is 0. The van der Waals surface area contributed by atoms with Gasteiger partial charge in [0.1, 0.15) is 11.8 Å². The van der Waals surface area contributed by atoms with Gasteiger partial charge < -0.3 is 24.7 Å². The number of hydrogen-bond donors (Lipinski definition) is 2. The molecule has 0 aliphatic carbocycles. The summed E-state index contributed by atoms with van der Waals surface area (Å²) in [5.41, 5.74) is -0.299. The van der Waals surface area contributed by atoms with Crippen LogP contribution in [0.25, 0.3) is 0 Å². The summed E-state index contributed by atoms with van der Waals surface area (Å²) < 4.78 is 10.9. The lowest BCUT2D eigenvalue weighted by atomic mass is 9.91. The van der Waals surface area contributed by atoms with E-state index in [2.05, 4.69) is 5.32 Å². The van der Waals surface area contributed by atoms with Gasteiger partial charge in [-0.25, -0.2) is 0 Å². The Bertz CT molecular complexity index is 487. The van der Waals surface area contributed by atoms with E-state index in [-0.39, 0.29) is 12.8 Å². The summed E-state index contributed by atoms with van der Waals surface area (Å²) in [5.74, 6) is -1.08. The van der Waals surface area contributed by atoms with Crippen LogP contribution in [0.15, 0.2) is 30.3 Å². The molecule has 0 heterocycles. The van der Waals surface area contributed by atoms with Gasteiger partial charge in [-0.15, -0.1) is 0 Å². The van der Waals surface area contributed by atoms with Gasteiger partial charge >= 0.3 is 5.97 Å². The standard InChI is InChI=1S/C18H27NO5/c1-3-23-16(24-4-2)14-18(11-13-20,17(21)22)19-12-10-15-8-6-5-7-9-15/h5-9,13,16,19H,3-4,10-12,14H2,1-2H3,(H,21,22). The van der Waals surface area contributed by atoms with Crippen LogP contribution in [0.2, 0.25) is 0 Å². The quantitative estimate of drug-likeness (QED) is 0.423. The van der Waals surface area contributed by atoms with E-state index in [0.717, 1.165) is 5.56 Å². The van der Waals surface area contributed by atoms with Gasteiger partial charge in [0.05, 0.1) is 0 Å². The Morgan fingerprint density at radius 2 is 1.88 bits per heavy atom. The van der Waals surface area contributed by atoms with Gasteiger partial charge in [-0.05, 0) is 25.8 Å². The molecule has 0 aromatic heterocycles. The van der Waals surface area contributed by atoms with E-state index >= 15 is 0 Å². The maximum absolute atomic E-state index is 11.9. The Balaban J connectivity index is 2.79. The number of carbonyl (C=O) groups excluding carboxylic acids is 1. The van der Waals surface area contributed by atoms with Crippen molar-refractivity contribution in [2.24, 2.45) is 0 Å². The minimum absolute atomic E-state index is 0.0670. The Morgan fingerprint density at radius 1 is 1.25 bits per heavy atom. The van der Waals surface area contributed by atoms with Gasteiger partial charge in [0, 0.05) is 32.6 Å². The van der Waals surface area contributed by atoms with Gasteiger partial charge in [0.15, 0.2) is 6.29 Å². The molecule has 0 fully saturated rings. The highest BCUT2D eigenvalue weighted by Crippen LogP contribution is 2.20. The second-order valence-electron chi connectivity index (χ2n) is 5.46. The second kappa shape index (κ2) is 10.9. The predicted molar refractivity (Wildman–Crippen MR) is 90.9 cm³/mol. The maximum atomic E-state index is 11.9. The number of aldehydes is 1. The van der Waals surface area contributed by atoms with E-state index in [1.54, 1.807) is 0 Å². The molecule has 2 N–H and O–H groups in total. The van der Waals surface area contributed by atoms with Crippen LogP contribution in [0.1, 0.15) is 32.3 Å². The summed E-state index contributed by atoms with van der Waals surface area (Å²) in [4.78, 5) is 22.9. The van der Waals surface area contributed by atoms with Crippen LogP contribution >= 0.6 is 0 Å². The summed E-state index contributed by atoms with van der Waals surface area (Å²) in [7, 11) is 0. The van der Waals surface area contributed by atoms with E-state index in [4.69, 9.17) is 9.47 Å². The molecule has 0 aliphatic heterocycles. The van der Waals surface area contributed by atoms with Crippen molar-refractivity contribution >= 4 is 12.3 Å². The zero-order valence-corrected chi connectivity index (χ0v) is 14.4. The first-order chi connectivity index (χ1) is 11.6. The van der Waals surface area contributed by atoms with E-state index in [0.29, 0.717) is 32.5 Å². The number of carbonyl (C=O) groups is 2. The molecule has 1 aromatic rings. The van der Waals surface area contributed by atoms with Gasteiger partial charge in [0.2, 0.25) is 0 Å². The van der Waals surface area contributed by atoms with E-state index in [1.165, 1.54) is 0 Å². The number of benzene rings is 1. The van der Waals surface area contributed by atoms with Gasteiger partial charge in [-0.3, -0.25) is 4.79 Å². The van der Waals surface area contributed by atoms with E-state index < -0.39 is 17.8 Å². The third kappa shape index (κ3) is 6.39. The summed E-state index contributed by atoms with van der Waals surface area (Å²) in [6.45, 7) is 4.89. The van der Waals surface area contributed by atoms with Crippen LogP contribution in [-0.4, -0.2) is 48.9 Å². The highest BCUT2D eigenvalue weighted by atomic mass is 16.7. The SMILES string of the molecule is CCOC(CC(CC=O)(NCCc1ccccc1)C(=O)O)OCC. The van der Waals surface area contributed by atoms with Gasteiger partial charge in [-0.2, -0.15) is 0 Å². The van der Waals surface area contributed by atoms with Crippen LogP contribution in [0, 0.1) is 0 Å². The average molecular weight is 337 g/mol. The Kier molecular flexibility index (Phi) is 9.22. The van der Waals surface area contributed by atoms with Crippen molar-refractivity contribution in [3.63, 3.8) is 0 Å². The molecule has 0 bridgehead atoms. The fourth-order valence-corrected chi connectivity index (χ4v) is 2.53. The molecule has 1 atom stereocenters. The highest BCUT2D eigenvalue weighted by molar-refractivity contribution is 5.82. The molecule has 1 rings (SSSR count). The van der Waals surface area contributed by atoms with Crippen molar-refractivity contribution in [3.05, 3.63) is 35.9 Å². The molecule has 0 radical (unpaired) electrons. The number of hydrogen-bond acceptors (Lipinski definition) is 5. The zero-order chi connectivity index (χ0) is 17.8. The first kappa shape index (κ1) is 20.3. The summed E-state index contributed by atoms with van der Waals surface area (Å²) in [6, 6.07) is 9.76. The number of carboxylic acids is 1. The number of carboxylic acid groups (broad SMARTS) is 1. The van der Waals surface area contributed by atoms with Crippen molar-refractivity contribution in [2.45, 2.75) is 44.9 Å². The molecule has 6 heteroatoms. The average Bonchev–Trinajstić information content (AvgIpc) is 2.56. The lowest BCUT2D eigenvalue weighted by Crippen LogP contribution is -2.55. The number of nitrogens with one attached hydrogen (secondary N) is 1. The van der Waals surface area contributed by atoms with Crippen LogP contribution in [0.5, 0.6) is 0 Å². The van der Waals surface area contributed by atoms with Crippen molar-refractivity contribution in [2.75, 3.05) is 19.8 Å². The van der Waals surface area contributed by atoms with Crippen molar-refractivity contribution in [1.82, 2.24) is 5.32 Å². The Labute approximate surface area is 143 Å². The van der Waals surface area contributed by atoms with Crippen LogP contribution in [0.3, 0.4) is 0 Å².